The lowest BCUT2D eigenvalue weighted by Gasteiger charge is -2.22. The van der Waals surface area contributed by atoms with Crippen LogP contribution in [-0.2, 0) is 0 Å². The summed E-state index contributed by atoms with van der Waals surface area (Å²) < 4.78 is 0. The fraction of sp³-hybridized carbons (Fsp3) is 0.636. The van der Waals surface area contributed by atoms with E-state index in [0.29, 0.717) is 5.95 Å². The maximum atomic E-state index is 8.96. The molecule has 1 saturated heterocycles. The molecule has 1 fully saturated rings. The zero-order valence-electron chi connectivity index (χ0n) is 10.4. The zero-order valence-corrected chi connectivity index (χ0v) is 10.4. The van der Waals surface area contributed by atoms with Gasteiger partial charge in [0.1, 0.15) is 5.82 Å². The van der Waals surface area contributed by atoms with Crippen molar-refractivity contribution in [2.75, 3.05) is 49.7 Å². The Kier molecular flexibility index (Phi) is 4.68. The molecule has 0 aliphatic carbocycles. The highest BCUT2D eigenvalue weighted by atomic mass is 16.3. The van der Waals surface area contributed by atoms with Gasteiger partial charge in [-0.25, -0.2) is 10.8 Å². The number of anilines is 2. The number of β-amino-alcohol motifs (C(OH)–C–C–N with tert-alkyl or cyclic N) is 1. The van der Waals surface area contributed by atoms with Crippen molar-refractivity contribution in [2.24, 2.45) is 5.84 Å². The van der Waals surface area contributed by atoms with E-state index in [1.54, 1.807) is 6.20 Å². The van der Waals surface area contributed by atoms with Gasteiger partial charge in [-0.05, 0) is 19.0 Å². The molecule has 0 unspecified atom stereocenters. The van der Waals surface area contributed by atoms with Crippen LogP contribution in [0, 0.1) is 0 Å². The predicted molar refractivity (Wildman–Crippen MR) is 70.2 cm³/mol. The first-order valence-electron chi connectivity index (χ1n) is 6.21. The van der Waals surface area contributed by atoms with Crippen LogP contribution < -0.4 is 16.2 Å². The third-order valence-electron chi connectivity index (χ3n) is 3.10. The van der Waals surface area contributed by atoms with Crippen molar-refractivity contribution in [2.45, 2.75) is 6.42 Å². The van der Waals surface area contributed by atoms with E-state index in [1.165, 1.54) is 0 Å². The summed E-state index contributed by atoms with van der Waals surface area (Å²) in [5, 5.41) is 8.96. The fourth-order valence-electron chi connectivity index (χ4n) is 2.16. The smallest absolute Gasteiger partial charge is 0.239 e. The Balaban J connectivity index is 2.00. The molecule has 0 amide bonds. The monoisotopic (exact) mass is 252 g/mol. The van der Waals surface area contributed by atoms with Gasteiger partial charge in [-0.15, -0.1) is 0 Å². The van der Waals surface area contributed by atoms with Gasteiger partial charge in [0, 0.05) is 32.4 Å². The highest BCUT2D eigenvalue weighted by Gasteiger charge is 2.15. The molecule has 4 N–H and O–H groups in total. The first-order valence-corrected chi connectivity index (χ1v) is 6.21. The van der Waals surface area contributed by atoms with Crippen LogP contribution in [0.4, 0.5) is 11.8 Å². The van der Waals surface area contributed by atoms with Crippen LogP contribution in [0.25, 0.3) is 0 Å². The summed E-state index contributed by atoms with van der Waals surface area (Å²) >= 11 is 0. The lowest BCUT2D eigenvalue weighted by molar-refractivity contribution is 0.204. The Morgan fingerprint density at radius 3 is 3.00 bits per heavy atom. The van der Waals surface area contributed by atoms with Crippen molar-refractivity contribution >= 4 is 11.8 Å². The Bertz CT molecular complexity index is 374. The molecule has 7 heteroatoms. The largest absolute Gasteiger partial charge is 0.395 e. The maximum absolute atomic E-state index is 8.96. The second-order valence-electron chi connectivity index (χ2n) is 4.29. The predicted octanol–water partition coefficient (Wildman–Crippen LogP) is -0.733. The minimum atomic E-state index is 0.217. The van der Waals surface area contributed by atoms with E-state index in [4.69, 9.17) is 10.9 Å². The van der Waals surface area contributed by atoms with Crippen LogP contribution in [0.5, 0.6) is 0 Å². The standard InChI is InChI=1S/C11H20N6O/c12-15-11-13-3-2-10(14-11)17-5-1-4-16(6-7-17)8-9-18/h2-3,18H,1,4-9,12H2,(H,13,14,15). The van der Waals surface area contributed by atoms with Crippen LogP contribution in [0.15, 0.2) is 12.3 Å². The number of rotatable bonds is 4. The molecular weight excluding hydrogens is 232 g/mol. The van der Waals surface area contributed by atoms with Crippen molar-refractivity contribution in [1.82, 2.24) is 14.9 Å². The Morgan fingerprint density at radius 2 is 2.22 bits per heavy atom. The van der Waals surface area contributed by atoms with E-state index in [1.807, 2.05) is 6.07 Å². The van der Waals surface area contributed by atoms with Gasteiger partial charge < -0.3 is 10.0 Å². The fourth-order valence-corrected chi connectivity index (χ4v) is 2.16. The van der Waals surface area contributed by atoms with Crippen molar-refractivity contribution in [3.63, 3.8) is 0 Å². The van der Waals surface area contributed by atoms with Crippen molar-refractivity contribution < 1.29 is 5.11 Å². The van der Waals surface area contributed by atoms with Gasteiger partial charge in [-0.2, -0.15) is 4.98 Å². The van der Waals surface area contributed by atoms with Gasteiger partial charge in [0.05, 0.1) is 6.61 Å². The first kappa shape index (κ1) is 13.0. The zero-order chi connectivity index (χ0) is 12.8. The molecule has 0 saturated carbocycles. The number of aromatic nitrogens is 2. The summed E-state index contributed by atoms with van der Waals surface area (Å²) in [6.45, 7) is 4.78. The normalized spacial score (nSPS) is 17.6. The third-order valence-corrected chi connectivity index (χ3v) is 3.10. The second-order valence-corrected chi connectivity index (χ2v) is 4.29. The van der Waals surface area contributed by atoms with Crippen LogP contribution in [0.2, 0.25) is 0 Å². The number of aliphatic hydroxyl groups excluding tert-OH is 1. The molecule has 100 valence electrons. The molecule has 1 aromatic heterocycles. The molecule has 18 heavy (non-hydrogen) atoms. The number of nitrogens with zero attached hydrogens (tertiary/aromatic N) is 4. The minimum Gasteiger partial charge on any atom is -0.395 e. The number of hydrazine groups is 1. The SMILES string of the molecule is NNc1nccc(N2CCCN(CCO)CC2)n1. The van der Waals surface area contributed by atoms with Gasteiger partial charge in [0.15, 0.2) is 0 Å². The molecule has 0 radical (unpaired) electrons. The average molecular weight is 252 g/mol. The molecule has 1 aromatic rings. The minimum absolute atomic E-state index is 0.217. The molecular formula is C11H20N6O. The number of nitrogens with one attached hydrogen (secondary N) is 1. The summed E-state index contributed by atoms with van der Waals surface area (Å²) in [5.74, 6) is 6.64. The topological polar surface area (TPSA) is 90.5 Å². The summed E-state index contributed by atoms with van der Waals surface area (Å²) in [6, 6.07) is 1.89. The van der Waals surface area contributed by atoms with Crippen molar-refractivity contribution in [3.05, 3.63) is 12.3 Å². The Hall–Kier alpha value is -1.44. The second kappa shape index (κ2) is 6.48. The van der Waals surface area contributed by atoms with E-state index in [9.17, 15) is 0 Å². The molecule has 0 spiro atoms. The van der Waals surface area contributed by atoms with Crippen molar-refractivity contribution in [1.29, 1.82) is 0 Å². The number of hydrogen-bond acceptors (Lipinski definition) is 7. The van der Waals surface area contributed by atoms with E-state index in [-0.39, 0.29) is 6.61 Å². The molecule has 2 heterocycles. The Labute approximate surface area is 107 Å². The highest BCUT2D eigenvalue weighted by Crippen LogP contribution is 2.14. The molecule has 0 bridgehead atoms. The molecule has 2 rings (SSSR count). The molecule has 7 nitrogen and oxygen atoms in total. The average Bonchev–Trinajstić information content (AvgIpc) is 2.65. The number of hydrogen-bond donors (Lipinski definition) is 3. The van der Waals surface area contributed by atoms with E-state index in [2.05, 4.69) is 25.2 Å². The van der Waals surface area contributed by atoms with Gasteiger partial charge in [-0.1, -0.05) is 0 Å². The summed E-state index contributed by atoms with van der Waals surface area (Å²) in [7, 11) is 0. The molecule has 1 aliphatic rings. The quantitative estimate of drug-likeness (QED) is 0.480. The number of nitrogens with two attached hydrogens (primary N) is 1. The molecule has 0 atom stereocenters. The summed E-state index contributed by atoms with van der Waals surface area (Å²) in [4.78, 5) is 12.8. The summed E-state index contributed by atoms with van der Waals surface area (Å²) in [6.07, 6.45) is 2.77. The molecule has 0 aromatic carbocycles. The van der Waals surface area contributed by atoms with Crippen LogP contribution in [-0.4, -0.2) is 59.3 Å². The molecule has 1 aliphatic heterocycles. The van der Waals surface area contributed by atoms with Crippen molar-refractivity contribution in [3.8, 4) is 0 Å². The maximum Gasteiger partial charge on any atom is 0.239 e. The van der Waals surface area contributed by atoms with Crippen LogP contribution >= 0.6 is 0 Å². The third kappa shape index (κ3) is 3.28. The van der Waals surface area contributed by atoms with E-state index in [0.717, 1.165) is 45.0 Å². The number of aliphatic hydroxyl groups is 1. The van der Waals surface area contributed by atoms with E-state index >= 15 is 0 Å². The number of nitrogen functional groups attached to an aromatic ring is 1. The van der Waals surface area contributed by atoms with Gasteiger partial charge in [0.2, 0.25) is 5.95 Å². The lowest BCUT2D eigenvalue weighted by atomic mass is 10.4. The van der Waals surface area contributed by atoms with Gasteiger partial charge >= 0.3 is 0 Å². The first-order chi connectivity index (χ1) is 8.83. The van der Waals surface area contributed by atoms with Gasteiger partial charge in [-0.3, -0.25) is 10.3 Å². The highest BCUT2D eigenvalue weighted by molar-refractivity contribution is 5.42. The van der Waals surface area contributed by atoms with Crippen LogP contribution in [0.1, 0.15) is 6.42 Å². The van der Waals surface area contributed by atoms with E-state index < -0.39 is 0 Å². The van der Waals surface area contributed by atoms with Crippen LogP contribution in [0.3, 0.4) is 0 Å². The summed E-state index contributed by atoms with van der Waals surface area (Å²) in [5.41, 5.74) is 2.46. The Morgan fingerprint density at radius 1 is 1.33 bits per heavy atom. The van der Waals surface area contributed by atoms with Gasteiger partial charge in [0.25, 0.3) is 0 Å². The lowest BCUT2D eigenvalue weighted by Crippen LogP contribution is -2.32.